The van der Waals surface area contributed by atoms with Gasteiger partial charge >= 0.3 is 0 Å². The van der Waals surface area contributed by atoms with Crippen molar-refractivity contribution in [1.82, 2.24) is 20.5 Å². The first-order valence-electron chi connectivity index (χ1n) is 9.17. The Bertz CT molecular complexity index is 1270. The van der Waals surface area contributed by atoms with Gasteiger partial charge in [-0.05, 0) is 17.5 Å². The summed E-state index contributed by atoms with van der Waals surface area (Å²) in [5.41, 5.74) is 0.540. The average molecular weight is 393 g/mol. The maximum atomic E-state index is 13.5. The van der Waals surface area contributed by atoms with Gasteiger partial charge in [-0.25, -0.2) is 13.4 Å². The summed E-state index contributed by atoms with van der Waals surface area (Å²) in [6.07, 6.45) is 1.63. The third kappa shape index (κ3) is 2.73. The molecular weight excluding hydrogens is 374 g/mol. The Balaban J connectivity index is 1.67. The van der Waals surface area contributed by atoms with Crippen molar-refractivity contribution in [2.75, 3.05) is 31.1 Å². The number of hydrogen-bond donors (Lipinski definition) is 2. The van der Waals surface area contributed by atoms with Gasteiger partial charge in [0.05, 0.1) is 11.1 Å². The number of fused-ring (bicyclic) bond motifs is 2. The molecule has 7 nitrogen and oxygen atoms in total. The van der Waals surface area contributed by atoms with Gasteiger partial charge in [0.15, 0.2) is 5.03 Å². The van der Waals surface area contributed by atoms with Crippen LogP contribution in [0, 0.1) is 0 Å². The predicted octanol–water partition coefficient (Wildman–Crippen LogP) is 2.35. The van der Waals surface area contributed by atoms with Gasteiger partial charge in [0.2, 0.25) is 9.84 Å². The number of anilines is 1. The zero-order chi connectivity index (χ0) is 19.1. The van der Waals surface area contributed by atoms with E-state index in [1.807, 2.05) is 36.4 Å². The number of piperazine rings is 1. The van der Waals surface area contributed by atoms with Crippen molar-refractivity contribution in [3.63, 3.8) is 0 Å². The number of aromatic amines is 1. The van der Waals surface area contributed by atoms with Crippen molar-refractivity contribution in [1.29, 1.82) is 0 Å². The van der Waals surface area contributed by atoms with Gasteiger partial charge in [-0.15, -0.1) is 0 Å². The van der Waals surface area contributed by atoms with Crippen LogP contribution in [0.15, 0.2) is 64.6 Å². The van der Waals surface area contributed by atoms with Crippen molar-refractivity contribution in [2.45, 2.75) is 9.92 Å². The lowest BCUT2D eigenvalue weighted by Crippen LogP contribution is -2.43. The molecule has 0 saturated carbocycles. The van der Waals surface area contributed by atoms with Crippen molar-refractivity contribution in [3.05, 3.63) is 54.7 Å². The Morgan fingerprint density at radius 2 is 1.75 bits per heavy atom. The topological polar surface area (TPSA) is 91.0 Å². The second kappa shape index (κ2) is 6.57. The highest BCUT2D eigenvalue weighted by atomic mass is 32.2. The summed E-state index contributed by atoms with van der Waals surface area (Å²) in [5, 5.41) is 12.5. The molecule has 0 aliphatic carbocycles. The number of benzene rings is 2. The maximum absolute atomic E-state index is 13.5. The van der Waals surface area contributed by atoms with Crippen molar-refractivity contribution >= 4 is 37.3 Å². The number of aromatic nitrogens is 3. The average Bonchev–Trinajstić information content (AvgIpc) is 3.18. The monoisotopic (exact) mass is 393 g/mol. The van der Waals surface area contributed by atoms with E-state index in [9.17, 15) is 8.42 Å². The van der Waals surface area contributed by atoms with E-state index in [-0.39, 0.29) is 9.92 Å². The molecule has 5 rings (SSSR count). The summed E-state index contributed by atoms with van der Waals surface area (Å²) in [6.45, 7) is 3.43. The lowest BCUT2D eigenvalue weighted by Gasteiger charge is -2.28. The Kier molecular flexibility index (Phi) is 4.03. The van der Waals surface area contributed by atoms with Crippen LogP contribution in [0.3, 0.4) is 0 Å². The van der Waals surface area contributed by atoms with Crippen molar-refractivity contribution < 1.29 is 8.42 Å². The minimum Gasteiger partial charge on any atom is -0.354 e. The van der Waals surface area contributed by atoms with E-state index in [4.69, 9.17) is 0 Å². The fraction of sp³-hybridized carbons (Fsp3) is 0.200. The van der Waals surface area contributed by atoms with Gasteiger partial charge in [0.1, 0.15) is 11.3 Å². The molecule has 2 aromatic carbocycles. The predicted molar refractivity (Wildman–Crippen MR) is 108 cm³/mol. The second-order valence-electron chi connectivity index (χ2n) is 6.83. The SMILES string of the molecule is O=S(=O)(c1cccc2ccccc12)c1[nH]nc2cnc(N3CCNCC3)cc12. The summed E-state index contributed by atoms with van der Waals surface area (Å²) in [7, 11) is -3.77. The van der Waals surface area contributed by atoms with Gasteiger partial charge in [0.25, 0.3) is 0 Å². The second-order valence-corrected chi connectivity index (χ2v) is 8.69. The number of rotatable bonds is 3. The Hall–Kier alpha value is -2.97. The Morgan fingerprint density at radius 1 is 0.964 bits per heavy atom. The van der Waals surface area contributed by atoms with Gasteiger partial charge < -0.3 is 10.2 Å². The fourth-order valence-electron chi connectivity index (χ4n) is 3.69. The van der Waals surface area contributed by atoms with Crippen molar-refractivity contribution in [2.24, 2.45) is 0 Å². The summed E-state index contributed by atoms with van der Waals surface area (Å²) in [4.78, 5) is 6.89. The van der Waals surface area contributed by atoms with Gasteiger partial charge in [-0.2, -0.15) is 5.10 Å². The molecule has 1 fully saturated rings. The lowest BCUT2D eigenvalue weighted by atomic mass is 10.1. The Morgan fingerprint density at radius 3 is 2.61 bits per heavy atom. The molecule has 0 unspecified atom stereocenters. The Labute approximate surface area is 162 Å². The zero-order valence-electron chi connectivity index (χ0n) is 15.1. The third-order valence-corrected chi connectivity index (χ3v) is 6.92. The lowest BCUT2D eigenvalue weighted by molar-refractivity contribution is 0.585. The van der Waals surface area contributed by atoms with Crippen LogP contribution < -0.4 is 10.2 Å². The molecule has 4 aromatic rings. The summed E-state index contributed by atoms with van der Waals surface area (Å²) in [5.74, 6) is 0.768. The summed E-state index contributed by atoms with van der Waals surface area (Å²) in [6, 6.07) is 14.6. The zero-order valence-corrected chi connectivity index (χ0v) is 15.9. The molecule has 0 amide bonds. The van der Waals surface area contributed by atoms with Crippen LogP contribution in [0.5, 0.6) is 0 Å². The highest BCUT2D eigenvalue weighted by Crippen LogP contribution is 2.32. The van der Waals surface area contributed by atoms with Crippen LogP contribution in [-0.2, 0) is 9.84 Å². The van der Waals surface area contributed by atoms with Crippen LogP contribution in [-0.4, -0.2) is 49.8 Å². The van der Waals surface area contributed by atoms with E-state index >= 15 is 0 Å². The number of nitrogens with one attached hydrogen (secondary N) is 2. The first-order chi connectivity index (χ1) is 13.6. The van der Waals surface area contributed by atoms with Crippen LogP contribution in [0.4, 0.5) is 5.82 Å². The smallest absolute Gasteiger partial charge is 0.224 e. The van der Waals surface area contributed by atoms with Gasteiger partial charge in [0, 0.05) is 37.0 Å². The van der Waals surface area contributed by atoms with Crippen LogP contribution in [0.1, 0.15) is 0 Å². The minimum atomic E-state index is -3.77. The normalized spacial score (nSPS) is 15.4. The van der Waals surface area contributed by atoms with E-state index in [0.717, 1.165) is 37.4 Å². The van der Waals surface area contributed by atoms with E-state index < -0.39 is 9.84 Å². The molecule has 3 heterocycles. The number of nitrogens with zero attached hydrogens (tertiary/aromatic N) is 3. The molecule has 2 N–H and O–H groups in total. The molecule has 1 aliphatic rings. The highest BCUT2D eigenvalue weighted by Gasteiger charge is 2.26. The van der Waals surface area contributed by atoms with Gasteiger partial charge in [-0.1, -0.05) is 36.4 Å². The number of hydrogen-bond acceptors (Lipinski definition) is 6. The largest absolute Gasteiger partial charge is 0.354 e. The molecular formula is C20H19N5O2S. The molecule has 0 radical (unpaired) electrons. The minimum absolute atomic E-state index is 0.109. The van der Waals surface area contributed by atoms with Crippen molar-refractivity contribution in [3.8, 4) is 0 Å². The van der Waals surface area contributed by atoms with E-state index in [0.29, 0.717) is 16.3 Å². The molecule has 8 heteroatoms. The van der Waals surface area contributed by atoms with Crippen LogP contribution in [0.2, 0.25) is 0 Å². The molecule has 2 aromatic heterocycles. The van der Waals surface area contributed by atoms with Gasteiger partial charge in [-0.3, -0.25) is 5.10 Å². The standard InChI is InChI=1S/C20H19N5O2S/c26-28(27,18-7-3-5-14-4-1-2-6-15(14)18)20-16-12-19(22-13-17(16)23-24-20)25-10-8-21-9-11-25/h1-7,12-13,21H,8-11H2,(H,23,24). The first-order valence-corrected chi connectivity index (χ1v) is 10.7. The fourth-order valence-corrected chi connectivity index (χ4v) is 5.26. The number of sulfone groups is 1. The molecule has 0 spiro atoms. The number of pyridine rings is 1. The maximum Gasteiger partial charge on any atom is 0.224 e. The van der Waals surface area contributed by atoms with Crippen LogP contribution in [0.25, 0.3) is 21.7 Å². The first kappa shape index (κ1) is 17.2. The molecule has 142 valence electrons. The van der Waals surface area contributed by atoms with E-state index in [1.54, 1.807) is 18.3 Å². The van der Waals surface area contributed by atoms with Crippen LogP contribution >= 0.6 is 0 Å². The molecule has 28 heavy (non-hydrogen) atoms. The summed E-state index contributed by atoms with van der Waals surface area (Å²) < 4.78 is 27.0. The molecule has 1 saturated heterocycles. The van der Waals surface area contributed by atoms with E-state index in [2.05, 4.69) is 25.4 Å². The molecule has 0 bridgehead atoms. The molecule has 1 aliphatic heterocycles. The quantitative estimate of drug-likeness (QED) is 0.555. The summed E-state index contributed by atoms with van der Waals surface area (Å²) >= 11 is 0. The molecule has 0 atom stereocenters. The van der Waals surface area contributed by atoms with E-state index in [1.165, 1.54) is 0 Å². The number of H-pyrrole nitrogens is 1. The third-order valence-electron chi connectivity index (χ3n) is 5.14. The highest BCUT2D eigenvalue weighted by molar-refractivity contribution is 7.91.